The van der Waals surface area contributed by atoms with Gasteiger partial charge in [-0.1, -0.05) is 0 Å². The van der Waals surface area contributed by atoms with Crippen molar-refractivity contribution in [1.82, 2.24) is 4.90 Å². The monoisotopic (exact) mass is 229 g/mol. The fourth-order valence-corrected chi connectivity index (χ4v) is 1.81. The molecule has 4 heteroatoms. The highest BCUT2D eigenvalue weighted by Crippen LogP contribution is 2.28. The lowest BCUT2D eigenvalue weighted by Crippen LogP contribution is -2.41. The molecule has 0 amide bonds. The average Bonchev–Trinajstić information content (AvgIpc) is 3.00. The molecular weight excluding hydrogens is 206 g/mol. The van der Waals surface area contributed by atoms with Crippen LogP contribution in [0.3, 0.4) is 0 Å². The Labute approximate surface area is 97.6 Å². The van der Waals surface area contributed by atoms with E-state index in [2.05, 4.69) is 4.90 Å². The Balaban J connectivity index is 2.26. The van der Waals surface area contributed by atoms with Crippen LogP contribution in [0.2, 0.25) is 0 Å². The van der Waals surface area contributed by atoms with Crippen LogP contribution in [0.4, 0.5) is 0 Å². The highest BCUT2D eigenvalue weighted by Gasteiger charge is 2.34. The minimum absolute atomic E-state index is 0.256. The number of carbonyl (C=O) groups is 1. The van der Waals surface area contributed by atoms with E-state index in [1.54, 1.807) is 6.92 Å². The fraction of sp³-hybridized carbons (Fsp3) is 0.917. The summed E-state index contributed by atoms with van der Waals surface area (Å²) in [5.74, 6) is -0.725. The molecule has 0 radical (unpaired) electrons. The Bertz CT molecular complexity index is 226. The van der Waals surface area contributed by atoms with Crippen molar-refractivity contribution in [3.8, 4) is 0 Å². The Morgan fingerprint density at radius 1 is 1.44 bits per heavy atom. The van der Waals surface area contributed by atoms with Gasteiger partial charge in [-0.05, 0) is 40.0 Å². The number of aliphatic carboxylic acids is 1. The van der Waals surface area contributed by atoms with Gasteiger partial charge in [-0.3, -0.25) is 9.69 Å². The molecule has 16 heavy (non-hydrogen) atoms. The van der Waals surface area contributed by atoms with Crippen LogP contribution in [0.1, 0.15) is 40.0 Å². The van der Waals surface area contributed by atoms with Crippen LogP contribution in [-0.4, -0.2) is 47.3 Å². The molecule has 0 aromatic carbocycles. The summed E-state index contributed by atoms with van der Waals surface area (Å²) in [6.45, 7) is 7.33. The van der Waals surface area contributed by atoms with Gasteiger partial charge in [-0.15, -0.1) is 0 Å². The molecule has 94 valence electrons. The van der Waals surface area contributed by atoms with Gasteiger partial charge in [0.2, 0.25) is 0 Å². The molecule has 1 fully saturated rings. The van der Waals surface area contributed by atoms with Crippen molar-refractivity contribution in [3.05, 3.63) is 0 Å². The SMILES string of the molecule is CC(C)OCCCN(C1CC1)C(C)C(=O)O. The Morgan fingerprint density at radius 2 is 2.06 bits per heavy atom. The van der Waals surface area contributed by atoms with Crippen molar-refractivity contribution in [1.29, 1.82) is 0 Å². The van der Waals surface area contributed by atoms with E-state index >= 15 is 0 Å². The molecule has 1 atom stereocenters. The number of carboxylic acid groups (broad SMARTS) is 1. The van der Waals surface area contributed by atoms with Gasteiger partial charge < -0.3 is 9.84 Å². The van der Waals surface area contributed by atoms with Crippen LogP contribution in [0, 0.1) is 0 Å². The maximum Gasteiger partial charge on any atom is 0.320 e. The lowest BCUT2D eigenvalue weighted by Gasteiger charge is -2.26. The van der Waals surface area contributed by atoms with Crippen molar-refractivity contribution in [2.75, 3.05) is 13.2 Å². The van der Waals surface area contributed by atoms with Crippen LogP contribution < -0.4 is 0 Å². The Hall–Kier alpha value is -0.610. The number of rotatable bonds is 8. The lowest BCUT2D eigenvalue weighted by atomic mass is 10.2. The zero-order valence-electron chi connectivity index (χ0n) is 10.5. The van der Waals surface area contributed by atoms with Crippen molar-refractivity contribution in [2.24, 2.45) is 0 Å². The van der Waals surface area contributed by atoms with Crippen LogP contribution in [0.15, 0.2) is 0 Å². The molecule has 0 bridgehead atoms. The first-order valence-electron chi connectivity index (χ1n) is 6.12. The smallest absolute Gasteiger partial charge is 0.320 e. The summed E-state index contributed by atoms with van der Waals surface area (Å²) in [7, 11) is 0. The molecule has 0 spiro atoms. The minimum Gasteiger partial charge on any atom is -0.480 e. The van der Waals surface area contributed by atoms with Crippen molar-refractivity contribution >= 4 is 5.97 Å². The van der Waals surface area contributed by atoms with Gasteiger partial charge in [0.05, 0.1) is 6.10 Å². The maximum absolute atomic E-state index is 10.9. The minimum atomic E-state index is -0.725. The molecule has 0 aromatic heterocycles. The molecule has 0 heterocycles. The molecule has 0 saturated heterocycles. The molecule has 1 aliphatic rings. The second-order valence-corrected chi connectivity index (χ2v) is 4.76. The van der Waals surface area contributed by atoms with E-state index in [4.69, 9.17) is 9.84 Å². The summed E-state index contributed by atoms with van der Waals surface area (Å²) in [6, 6.07) is 0.122. The van der Waals surface area contributed by atoms with E-state index in [0.717, 1.165) is 25.8 Å². The molecule has 4 nitrogen and oxygen atoms in total. The predicted molar refractivity (Wildman–Crippen MR) is 62.5 cm³/mol. The molecule has 1 aliphatic carbocycles. The third kappa shape index (κ3) is 4.49. The van der Waals surface area contributed by atoms with E-state index in [9.17, 15) is 4.79 Å². The second kappa shape index (κ2) is 6.21. The molecule has 0 aliphatic heterocycles. The molecule has 1 saturated carbocycles. The van der Waals surface area contributed by atoms with E-state index in [0.29, 0.717) is 12.6 Å². The van der Waals surface area contributed by atoms with E-state index in [1.165, 1.54) is 0 Å². The number of nitrogens with zero attached hydrogens (tertiary/aromatic N) is 1. The normalized spacial score (nSPS) is 18.1. The molecule has 1 rings (SSSR count). The molecule has 0 aromatic rings. The molecule has 1 unspecified atom stereocenters. The summed E-state index contributed by atoms with van der Waals surface area (Å²) in [5.41, 5.74) is 0. The van der Waals surface area contributed by atoms with Gasteiger partial charge in [0.1, 0.15) is 6.04 Å². The van der Waals surface area contributed by atoms with Gasteiger partial charge in [-0.2, -0.15) is 0 Å². The summed E-state index contributed by atoms with van der Waals surface area (Å²) in [4.78, 5) is 13.0. The van der Waals surface area contributed by atoms with Crippen molar-refractivity contribution in [2.45, 2.75) is 58.2 Å². The van der Waals surface area contributed by atoms with Gasteiger partial charge in [0.25, 0.3) is 0 Å². The molecule has 1 N–H and O–H groups in total. The third-order valence-electron chi connectivity index (χ3n) is 2.88. The first-order chi connectivity index (χ1) is 7.52. The average molecular weight is 229 g/mol. The van der Waals surface area contributed by atoms with Crippen LogP contribution in [-0.2, 0) is 9.53 Å². The second-order valence-electron chi connectivity index (χ2n) is 4.76. The zero-order valence-corrected chi connectivity index (χ0v) is 10.5. The third-order valence-corrected chi connectivity index (χ3v) is 2.88. The first kappa shape index (κ1) is 13.5. The largest absolute Gasteiger partial charge is 0.480 e. The number of hydrogen-bond acceptors (Lipinski definition) is 3. The summed E-state index contributed by atoms with van der Waals surface area (Å²) < 4.78 is 5.46. The van der Waals surface area contributed by atoms with E-state index in [-0.39, 0.29) is 12.1 Å². The van der Waals surface area contributed by atoms with Crippen LogP contribution in [0.25, 0.3) is 0 Å². The summed E-state index contributed by atoms with van der Waals surface area (Å²) in [6.07, 6.45) is 3.45. The van der Waals surface area contributed by atoms with Crippen molar-refractivity contribution < 1.29 is 14.6 Å². The number of hydrogen-bond donors (Lipinski definition) is 1. The Kier molecular flexibility index (Phi) is 5.22. The highest BCUT2D eigenvalue weighted by molar-refractivity contribution is 5.73. The van der Waals surface area contributed by atoms with E-state index < -0.39 is 5.97 Å². The zero-order chi connectivity index (χ0) is 12.1. The van der Waals surface area contributed by atoms with E-state index in [1.807, 2.05) is 13.8 Å². The Morgan fingerprint density at radius 3 is 2.50 bits per heavy atom. The van der Waals surface area contributed by atoms with Crippen LogP contribution >= 0.6 is 0 Å². The van der Waals surface area contributed by atoms with Gasteiger partial charge in [-0.25, -0.2) is 0 Å². The summed E-state index contributed by atoms with van der Waals surface area (Å²) in [5, 5.41) is 9.00. The fourth-order valence-electron chi connectivity index (χ4n) is 1.81. The standard InChI is InChI=1S/C12H23NO3/c1-9(2)16-8-4-7-13(11-5-6-11)10(3)12(14)15/h9-11H,4-8H2,1-3H3,(H,14,15). The van der Waals surface area contributed by atoms with Gasteiger partial charge in [0.15, 0.2) is 0 Å². The number of carboxylic acids is 1. The predicted octanol–water partition coefficient (Wildman–Crippen LogP) is 1.74. The highest BCUT2D eigenvalue weighted by atomic mass is 16.5. The van der Waals surface area contributed by atoms with Crippen molar-refractivity contribution in [3.63, 3.8) is 0 Å². The topological polar surface area (TPSA) is 49.8 Å². The first-order valence-corrected chi connectivity index (χ1v) is 6.12. The van der Waals surface area contributed by atoms with Crippen LogP contribution in [0.5, 0.6) is 0 Å². The lowest BCUT2D eigenvalue weighted by molar-refractivity contribution is -0.143. The van der Waals surface area contributed by atoms with Gasteiger partial charge in [0, 0.05) is 19.2 Å². The van der Waals surface area contributed by atoms with Gasteiger partial charge >= 0.3 is 5.97 Å². The maximum atomic E-state index is 10.9. The number of ether oxygens (including phenoxy) is 1. The quantitative estimate of drug-likeness (QED) is 0.644. The molecular formula is C12H23NO3. The summed E-state index contributed by atoms with van der Waals surface area (Å²) >= 11 is 0.